The summed E-state index contributed by atoms with van der Waals surface area (Å²) in [6, 6.07) is 37.6. The maximum absolute atomic E-state index is 3.42. The van der Waals surface area contributed by atoms with Gasteiger partial charge in [-0.3, -0.25) is 17.7 Å². The Balaban J connectivity index is 0.00000104. The Hall–Kier alpha value is 0.452. The molecule has 0 spiro atoms. The Morgan fingerprint density at radius 2 is 1.32 bits per heavy atom. The summed E-state index contributed by atoms with van der Waals surface area (Å²) >= 11 is 0. The molecular weight excluding hydrogens is 531 g/mol. The molecule has 0 saturated carbocycles. The molecule has 25 heavy (non-hydrogen) atoms. The normalized spacial score (nSPS) is 9.44. The summed E-state index contributed by atoms with van der Waals surface area (Å²) in [7, 11) is 0. The first-order chi connectivity index (χ1) is 10.9. The molecule has 113 valence electrons. The van der Waals surface area contributed by atoms with Gasteiger partial charge in [0.15, 0.2) is 0 Å². The summed E-state index contributed by atoms with van der Waals surface area (Å²) in [6.07, 6.45) is 0. The fourth-order valence-corrected chi connectivity index (χ4v) is 2.55. The summed E-state index contributed by atoms with van der Waals surface area (Å²) in [6.45, 7) is 0. The van der Waals surface area contributed by atoms with Gasteiger partial charge in [-0.1, -0.05) is 29.7 Å². The van der Waals surface area contributed by atoms with Crippen molar-refractivity contribution in [1.29, 1.82) is 0 Å². The molecule has 4 rings (SSSR count). The molecule has 0 aliphatic rings. The van der Waals surface area contributed by atoms with Gasteiger partial charge >= 0.3 is 0 Å². The first-order valence-corrected chi connectivity index (χ1v) is 7.22. The second-order valence-electron chi connectivity index (χ2n) is 5.14. The van der Waals surface area contributed by atoms with E-state index < -0.39 is 0 Å². The molecule has 0 nitrogen and oxygen atoms in total. The molecule has 4 aromatic carbocycles. The maximum atomic E-state index is 3.42. The Morgan fingerprint density at radius 3 is 2.08 bits per heavy atom. The second kappa shape index (κ2) is 11.3. The van der Waals surface area contributed by atoms with Gasteiger partial charge < -0.3 is 23.3 Å². The molecule has 0 atom stereocenters. The first kappa shape index (κ1) is 23.5. The molecule has 0 unspecified atom stereocenters. The fourth-order valence-electron chi connectivity index (χ4n) is 2.55. The third kappa shape index (κ3) is 5.71. The van der Waals surface area contributed by atoms with Gasteiger partial charge in [-0.2, -0.15) is 17.7 Å². The van der Waals surface area contributed by atoms with Crippen LogP contribution >= 0.6 is 0 Å². The zero-order valence-corrected chi connectivity index (χ0v) is 22.2. The predicted octanol–water partition coefficient (Wildman–Crippen LogP) is 5.37. The zero-order chi connectivity index (χ0) is 14.8. The Labute approximate surface area is 224 Å². The van der Waals surface area contributed by atoms with Gasteiger partial charge in [0.2, 0.25) is 0 Å². The molecule has 0 aliphatic carbocycles. The molecule has 0 saturated heterocycles. The van der Waals surface area contributed by atoms with Crippen LogP contribution in [-0.4, -0.2) is 0 Å². The molecule has 0 bridgehead atoms. The molecule has 0 amide bonds. The summed E-state index contributed by atoms with van der Waals surface area (Å²) < 4.78 is 0. The second-order valence-corrected chi connectivity index (χ2v) is 5.14. The van der Waals surface area contributed by atoms with Crippen LogP contribution in [0.5, 0.6) is 0 Å². The Bertz CT molecular complexity index is 934. The zero-order valence-electron chi connectivity index (χ0n) is 13.7. The number of rotatable bonds is 2. The van der Waals surface area contributed by atoms with Crippen LogP contribution in [0.2, 0.25) is 0 Å². The fraction of sp³-hybridized carbons (Fsp3) is 0. The van der Waals surface area contributed by atoms with Crippen LogP contribution in [0.1, 0.15) is 0 Å². The Kier molecular flexibility index (Phi) is 10.6. The molecule has 0 N–H and O–H groups in total. The quantitative estimate of drug-likeness (QED) is 0.299. The van der Waals surface area contributed by atoms with E-state index in [2.05, 4.69) is 48.5 Å². The minimum Gasteiger partial charge on any atom is -0.379 e. The minimum absolute atomic E-state index is 0. The van der Waals surface area contributed by atoms with E-state index in [1.165, 1.54) is 10.8 Å². The summed E-state index contributed by atoms with van der Waals surface area (Å²) in [5, 5.41) is 2.41. The third-order valence-electron chi connectivity index (χ3n) is 3.68. The topological polar surface area (TPSA) is 0 Å². The minimum atomic E-state index is 0. The van der Waals surface area contributed by atoms with Gasteiger partial charge in [0.05, 0.1) is 0 Å². The van der Waals surface area contributed by atoms with E-state index in [0.29, 0.717) is 0 Å². The smallest absolute Gasteiger partial charge is 0 e. The van der Waals surface area contributed by atoms with Gasteiger partial charge in [-0.15, -0.1) is 29.7 Å². The molecule has 0 fully saturated rings. The van der Waals surface area contributed by atoms with Gasteiger partial charge in [0, 0.05) is 98.1 Å². The van der Waals surface area contributed by atoms with Crippen molar-refractivity contribution in [2.24, 2.45) is 0 Å². The van der Waals surface area contributed by atoms with Crippen molar-refractivity contribution in [3.05, 3.63) is 97.1 Å². The van der Waals surface area contributed by atoms with Gasteiger partial charge in [-0.05, 0) is 0 Å². The number of benzene rings is 4. The van der Waals surface area contributed by atoms with Crippen molar-refractivity contribution in [2.75, 3.05) is 0 Å². The standard InChI is InChI=1S/C22H12.3Y/c1-2-7-17(8-3-1)20-11-6-12-21(15-20)22-14-13-18-9-4-5-10-19(18)16-22;;;/h1-7,9-10,12-13,16H;;;/q-4;;;. The number of hydrogen-bond donors (Lipinski definition) is 0. The van der Waals surface area contributed by atoms with Crippen LogP contribution in [0.4, 0.5) is 0 Å². The average molecular weight is 543 g/mol. The van der Waals surface area contributed by atoms with Crippen LogP contribution in [0, 0.1) is 24.3 Å². The van der Waals surface area contributed by atoms with E-state index in [4.69, 9.17) is 0 Å². The molecule has 4 aromatic rings. The van der Waals surface area contributed by atoms with E-state index in [9.17, 15) is 0 Å². The number of hydrogen-bond acceptors (Lipinski definition) is 0. The van der Waals surface area contributed by atoms with Crippen LogP contribution in [0.15, 0.2) is 72.8 Å². The maximum Gasteiger partial charge on any atom is 0 e. The monoisotopic (exact) mass is 543 g/mol. The summed E-state index contributed by atoms with van der Waals surface area (Å²) in [5.74, 6) is 0. The van der Waals surface area contributed by atoms with Crippen molar-refractivity contribution < 1.29 is 98.1 Å². The van der Waals surface area contributed by atoms with E-state index in [1.54, 1.807) is 0 Å². The average Bonchev–Trinajstić information content (AvgIpc) is 2.62. The molecule has 3 heteroatoms. The van der Waals surface area contributed by atoms with E-state index in [1.807, 2.05) is 48.5 Å². The Morgan fingerprint density at radius 1 is 0.560 bits per heavy atom. The van der Waals surface area contributed by atoms with Crippen molar-refractivity contribution in [2.45, 2.75) is 0 Å². The molecule has 0 aliphatic heterocycles. The van der Waals surface area contributed by atoms with Crippen LogP contribution in [0.25, 0.3) is 33.0 Å². The van der Waals surface area contributed by atoms with E-state index in [-0.39, 0.29) is 98.1 Å². The van der Waals surface area contributed by atoms with Crippen LogP contribution < -0.4 is 0 Å². The molecule has 0 heterocycles. The van der Waals surface area contributed by atoms with E-state index in [0.717, 1.165) is 22.3 Å². The summed E-state index contributed by atoms with van der Waals surface area (Å²) in [4.78, 5) is 0. The van der Waals surface area contributed by atoms with Gasteiger partial charge in [-0.25, -0.2) is 12.1 Å². The number of fused-ring (bicyclic) bond motifs is 1. The van der Waals surface area contributed by atoms with Crippen molar-refractivity contribution in [3.8, 4) is 22.3 Å². The summed E-state index contributed by atoms with van der Waals surface area (Å²) in [5.41, 5.74) is 4.01. The SMILES string of the molecule is [Y].[Y].[Y].[c-]1ccc(-c2[c-]cc3ccccc3c2)[c-]c1-c1[c-]cccc1. The predicted molar refractivity (Wildman–Crippen MR) is 90.2 cm³/mol. The van der Waals surface area contributed by atoms with Crippen molar-refractivity contribution in [3.63, 3.8) is 0 Å². The largest absolute Gasteiger partial charge is 0.379 e. The first-order valence-electron chi connectivity index (χ1n) is 7.22. The van der Waals surface area contributed by atoms with Crippen molar-refractivity contribution >= 4 is 10.8 Å². The molecular formula is C22H12Y3-4. The van der Waals surface area contributed by atoms with Crippen LogP contribution in [0.3, 0.4) is 0 Å². The third-order valence-corrected chi connectivity index (χ3v) is 3.68. The molecule has 3 radical (unpaired) electrons. The van der Waals surface area contributed by atoms with Crippen molar-refractivity contribution in [1.82, 2.24) is 0 Å². The van der Waals surface area contributed by atoms with Gasteiger partial charge in [0.1, 0.15) is 0 Å². The van der Waals surface area contributed by atoms with Gasteiger partial charge in [0.25, 0.3) is 0 Å². The molecule has 0 aromatic heterocycles. The van der Waals surface area contributed by atoms with Crippen LogP contribution in [-0.2, 0) is 98.1 Å². The van der Waals surface area contributed by atoms with E-state index >= 15 is 0 Å².